The molecule has 1 amide bonds. The summed E-state index contributed by atoms with van der Waals surface area (Å²) in [5.74, 6) is 1.25. The third kappa shape index (κ3) is 4.02. The topological polar surface area (TPSA) is 90.7 Å². The molecule has 0 spiro atoms. The first-order chi connectivity index (χ1) is 12.9. The maximum atomic E-state index is 12.5. The molecule has 1 aliphatic rings. The summed E-state index contributed by atoms with van der Waals surface area (Å²) in [6, 6.07) is 8.20. The molecule has 7 nitrogen and oxygen atoms in total. The van der Waals surface area contributed by atoms with Crippen molar-refractivity contribution in [2.45, 2.75) is 39.8 Å². The molecule has 1 atom stereocenters. The fraction of sp³-hybridized carbons (Fsp3) is 0.350. The Balaban J connectivity index is 1.76. The minimum absolute atomic E-state index is 0.00456. The molecule has 0 saturated carbocycles. The number of nitrogens with one attached hydrogen (secondary N) is 1. The van der Waals surface area contributed by atoms with Crippen LogP contribution >= 0.6 is 0 Å². The normalized spacial score (nSPS) is 15.0. The molecule has 0 aromatic heterocycles. The van der Waals surface area contributed by atoms with E-state index in [-0.39, 0.29) is 24.2 Å². The number of nitrogens with zero attached hydrogens (tertiary/aromatic N) is 1. The molecule has 0 unspecified atom stereocenters. The highest BCUT2D eigenvalue weighted by atomic mass is 16.6. The minimum atomic E-state index is -0.461. The molecule has 7 heteroatoms. The van der Waals surface area contributed by atoms with Gasteiger partial charge in [-0.2, -0.15) is 0 Å². The van der Waals surface area contributed by atoms with Crippen molar-refractivity contribution in [1.82, 2.24) is 5.32 Å². The average Bonchev–Trinajstić information content (AvgIpc) is 2.98. The van der Waals surface area contributed by atoms with Gasteiger partial charge in [-0.1, -0.05) is 0 Å². The maximum Gasteiger partial charge on any atom is 0.272 e. The first-order valence-corrected chi connectivity index (χ1v) is 8.87. The van der Waals surface area contributed by atoms with Gasteiger partial charge in [0.05, 0.1) is 11.5 Å². The molecular weight excluding hydrogens is 348 g/mol. The van der Waals surface area contributed by atoms with Gasteiger partial charge in [-0.15, -0.1) is 0 Å². The van der Waals surface area contributed by atoms with Gasteiger partial charge in [-0.3, -0.25) is 14.9 Å². The van der Waals surface area contributed by atoms with Crippen molar-refractivity contribution < 1.29 is 19.2 Å². The number of carbonyl (C=O) groups is 1. The number of nitro groups is 1. The van der Waals surface area contributed by atoms with Crippen LogP contribution in [0, 0.1) is 17.0 Å². The van der Waals surface area contributed by atoms with Crippen molar-refractivity contribution in [2.24, 2.45) is 0 Å². The molecule has 1 heterocycles. The van der Waals surface area contributed by atoms with Crippen LogP contribution < -0.4 is 14.8 Å². The third-order valence-electron chi connectivity index (χ3n) is 4.47. The first kappa shape index (κ1) is 18.7. The van der Waals surface area contributed by atoms with E-state index in [0.717, 1.165) is 29.0 Å². The number of nitro benzene ring substituents is 1. The summed E-state index contributed by atoms with van der Waals surface area (Å²) in [6.45, 7) is 6.33. The number of rotatable bonds is 6. The van der Waals surface area contributed by atoms with Crippen LogP contribution in [-0.2, 0) is 13.0 Å². The smallest absolute Gasteiger partial charge is 0.272 e. The maximum absolute atomic E-state index is 12.5. The summed E-state index contributed by atoms with van der Waals surface area (Å²) in [5, 5.41) is 13.8. The van der Waals surface area contributed by atoms with Gasteiger partial charge in [0.2, 0.25) is 0 Å². The van der Waals surface area contributed by atoms with Gasteiger partial charge in [0.15, 0.2) is 0 Å². The molecule has 27 heavy (non-hydrogen) atoms. The predicted molar refractivity (Wildman–Crippen MR) is 100 cm³/mol. The van der Waals surface area contributed by atoms with Crippen LogP contribution in [0.15, 0.2) is 30.3 Å². The van der Waals surface area contributed by atoms with Crippen LogP contribution in [0.4, 0.5) is 5.69 Å². The monoisotopic (exact) mass is 370 g/mol. The van der Waals surface area contributed by atoms with Crippen LogP contribution in [0.2, 0.25) is 0 Å². The van der Waals surface area contributed by atoms with Gasteiger partial charge in [0, 0.05) is 41.3 Å². The average molecular weight is 370 g/mol. The molecule has 0 bridgehead atoms. The zero-order chi connectivity index (χ0) is 19.6. The molecule has 2 aromatic carbocycles. The van der Waals surface area contributed by atoms with E-state index in [2.05, 4.69) is 5.32 Å². The van der Waals surface area contributed by atoms with Crippen LogP contribution in [0.25, 0.3) is 0 Å². The lowest BCUT2D eigenvalue weighted by Gasteiger charge is -2.13. The van der Waals surface area contributed by atoms with Crippen molar-refractivity contribution in [2.75, 3.05) is 6.61 Å². The van der Waals surface area contributed by atoms with Crippen LogP contribution in [-0.4, -0.2) is 23.5 Å². The Kier molecular flexibility index (Phi) is 5.30. The van der Waals surface area contributed by atoms with E-state index in [1.54, 1.807) is 6.92 Å². The number of benzene rings is 2. The number of hydrogen-bond donors (Lipinski definition) is 1. The summed E-state index contributed by atoms with van der Waals surface area (Å²) < 4.78 is 11.5. The quantitative estimate of drug-likeness (QED) is 0.620. The van der Waals surface area contributed by atoms with Crippen molar-refractivity contribution in [3.05, 3.63) is 62.7 Å². The van der Waals surface area contributed by atoms with E-state index in [9.17, 15) is 14.9 Å². The number of carbonyl (C=O) groups excluding carboxylic acids is 1. The SMILES string of the molecule is CCOc1cc2c(cc1CNC(=O)c1ccc([N+](=O)[O-])c(C)c1)O[C@H](C)C2. The fourth-order valence-corrected chi connectivity index (χ4v) is 3.19. The Hall–Kier alpha value is -3.09. The van der Waals surface area contributed by atoms with Gasteiger partial charge in [-0.25, -0.2) is 0 Å². The van der Waals surface area contributed by atoms with E-state index in [1.165, 1.54) is 18.2 Å². The summed E-state index contributed by atoms with van der Waals surface area (Å²) in [6.07, 6.45) is 0.965. The molecule has 0 fully saturated rings. The lowest BCUT2D eigenvalue weighted by atomic mass is 10.1. The minimum Gasteiger partial charge on any atom is -0.494 e. The molecule has 0 saturated heterocycles. The van der Waals surface area contributed by atoms with Crippen molar-refractivity contribution in [1.29, 1.82) is 0 Å². The second-order valence-electron chi connectivity index (χ2n) is 6.57. The second kappa shape index (κ2) is 7.65. The van der Waals surface area contributed by atoms with Gasteiger partial charge in [-0.05, 0) is 45.0 Å². The molecule has 1 aliphatic heterocycles. The Labute approximate surface area is 157 Å². The summed E-state index contributed by atoms with van der Waals surface area (Å²) in [7, 11) is 0. The third-order valence-corrected chi connectivity index (χ3v) is 4.47. The predicted octanol–water partition coefficient (Wildman–Crippen LogP) is 3.56. The Bertz CT molecular complexity index is 894. The molecule has 142 valence electrons. The molecule has 1 N–H and O–H groups in total. The largest absolute Gasteiger partial charge is 0.494 e. The highest BCUT2D eigenvalue weighted by molar-refractivity contribution is 5.94. The summed E-state index contributed by atoms with van der Waals surface area (Å²) in [4.78, 5) is 22.9. The van der Waals surface area contributed by atoms with Gasteiger partial charge in [0.25, 0.3) is 11.6 Å². The van der Waals surface area contributed by atoms with Gasteiger partial charge >= 0.3 is 0 Å². The number of hydrogen-bond acceptors (Lipinski definition) is 5. The zero-order valence-corrected chi connectivity index (χ0v) is 15.6. The fourth-order valence-electron chi connectivity index (χ4n) is 3.19. The van der Waals surface area contributed by atoms with E-state index in [4.69, 9.17) is 9.47 Å². The highest BCUT2D eigenvalue weighted by Gasteiger charge is 2.22. The molecular formula is C20H22N2O5. The van der Waals surface area contributed by atoms with Crippen molar-refractivity contribution in [3.63, 3.8) is 0 Å². The van der Waals surface area contributed by atoms with E-state index in [0.29, 0.717) is 17.7 Å². The van der Waals surface area contributed by atoms with E-state index < -0.39 is 4.92 Å². The van der Waals surface area contributed by atoms with Crippen LogP contribution in [0.1, 0.15) is 40.9 Å². The van der Waals surface area contributed by atoms with E-state index in [1.807, 2.05) is 26.0 Å². The molecule has 0 aliphatic carbocycles. The van der Waals surface area contributed by atoms with Crippen LogP contribution in [0.5, 0.6) is 11.5 Å². The Morgan fingerprint density at radius 2 is 2.15 bits per heavy atom. The van der Waals surface area contributed by atoms with Gasteiger partial charge < -0.3 is 14.8 Å². The Morgan fingerprint density at radius 3 is 2.81 bits per heavy atom. The number of ether oxygens (including phenoxy) is 2. The first-order valence-electron chi connectivity index (χ1n) is 8.87. The lowest BCUT2D eigenvalue weighted by Crippen LogP contribution is -2.23. The standard InChI is InChI=1S/C20H22N2O5/c1-4-26-18-9-15-8-13(3)27-19(15)10-16(18)11-21-20(23)14-5-6-17(22(24)25)12(2)7-14/h5-7,9-10,13H,4,8,11H2,1-3H3,(H,21,23)/t13-/m1/s1. The second-order valence-corrected chi connectivity index (χ2v) is 6.57. The zero-order valence-electron chi connectivity index (χ0n) is 15.6. The van der Waals surface area contributed by atoms with Crippen molar-refractivity contribution in [3.8, 4) is 11.5 Å². The Morgan fingerprint density at radius 1 is 1.37 bits per heavy atom. The molecule has 2 aromatic rings. The molecule has 3 rings (SSSR count). The number of aryl methyl sites for hydroxylation is 1. The summed E-state index contributed by atoms with van der Waals surface area (Å²) >= 11 is 0. The number of fused-ring (bicyclic) bond motifs is 1. The number of amides is 1. The highest BCUT2D eigenvalue weighted by Crippen LogP contribution is 2.35. The van der Waals surface area contributed by atoms with Crippen molar-refractivity contribution >= 4 is 11.6 Å². The van der Waals surface area contributed by atoms with Gasteiger partial charge in [0.1, 0.15) is 17.6 Å². The summed E-state index contributed by atoms with van der Waals surface area (Å²) in [5.41, 5.74) is 2.75. The van der Waals surface area contributed by atoms with Crippen LogP contribution in [0.3, 0.4) is 0 Å². The molecule has 0 radical (unpaired) electrons. The van der Waals surface area contributed by atoms with E-state index >= 15 is 0 Å². The lowest BCUT2D eigenvalue weighted by molar-refractivity contribution is -0.385.